The summed E-state index contributed by atoms with van der Waals surface area (Å²) in [7, 11) is 5.04. The zero-order chi connectivity index (χ0) is 16.9. The molecular formula is C19H25NO4. The summed E-state index contributed by atoms with van der Waals surface area (Å²) in [6.45, 7) is 2.05. The van der Waals surface area contributed by atoms with Crippen LogP contribution in [0.25, 0.3) is 0 Å². The van der Waals surface area contributed by atoms with E-state index < -0.39 is 6.10 Å². The molecule has 1 N–H and O–H groups in total. The molecule has 1 aromatic carbocycles. The Bertz CT molecular complexity index is 686. The molecule has 0 radical (unpaired) electrons. The third-order valence-electron chi connectivity index (χ3n) is 5.98. The molecule has 130 valence electrons. The standard InChI is InChI=1S/C19H25NO4/c1-22-16-8-12-4-6-20-7-5-13-9-15(21)18(24-3)11-19(13,20)14(12)10-17(16)23-2/h8-10,15,18,21H,4-7,11H2,1-3H3/t15-,18-,19+/m1/s1. The van der Waals surface area contributed by atoms with E-state index in [-0.39, 0.29) is 11.6 Å². The molecule has 1 spiro atoms. The van der Waals surface area contributed by atoms with E-state index in [4.69, 9.17) is 14.2 Å². The summed E-state index contributed by atoms with van der Waals surface area (Å²) in [5.74, 6) is 1.54. The number of fused-ring (bicyclic) bond motifs is 1. The number of rotatable bonds is 3. The van der Waals surface area contributed by atoms with Crippen LogP contribution in [-0.4, -0.2) is 56.6 Å². The minimum Gasteiger partial charge on any atom is -0.493 e. The maximum atomic E-state index is 10.4. The van der Waals surface area contributed by atoms with E-state index in [0.29, 0.717) is 0 Å². The fourth-order valence-corrected chi connectivity index (χ4v) is 4.81. The molecular weight excluding hydrogens is 306 g/mol. The summed E-state index contributed by atoms with van der Waals surface area (Å²) in [5, 5.41) is 10.4. The predicted octanol–water partition coefficient (Wildman–Crippen LogP) is 1.87. The average Bonchev–Trinajstić information content (AvgIpc) is 2.98. The second kappa shape index (κ2) is 5.76. The second-order valence-electron chi connectivity index (χ2n) is 6.87. The number of hydrogen-bond donors (Lipinski definition) is 1. The highest BCUT2D eigenvalue weighted by molar-refractivity contribution is 5.55. The van der Waals surface area contributed by atoms with Crippen molar-refractivity contribution in [1.82, 2.24) is 4.90 Å². The SMILES string of the molecule is COc1cc2c(cc1OC)[C@]13C[C@@H](OC)[C@H](O)C=C1CCN3CC2. The molecule has 5 nitrogen and oxygen atoms in total. The fraction of sp³-hybridized carbons (Fsp3) is 0.579. The first-order valence-corrected chi connectivity index (χ1v) is 8.56. The lowest BCUT2D eigenvalue weighted by Gasteiger charge is -2.49. The molecule has 1 aromatic rings. The van der Waals surface area contributed by atoms with Crippen LogP contribution >= 0.6 is 0 Å². The van der Waals surface area contributed by atoms with Crippen molar-refractivity contribution < 1.29 is 19.3 Å². The fourth-order valence-electron chi connectivity index (χ4n) is 4.81. The van der Waals surface area contributed by atoms with E-state index in [9.17, 15) is 5.11 Å². The Morgan fingerprint density at radius 1 is 1.08 bits per heavy atom. The molecule has 2 aliphatic heterocycles. The van der Waals surface area contributed by atoms with Crippen LogP contribution in [0.5, 0.6) is 11.5 Å². The van der Waals surface area contributed by atoms with Gasteiger partial charge in [0.15, 0.2) is 11.5 Å². The number of ether oxygens (including phenoxy) is 3. The first-order chi connectivity index (χ1) is 11.6. The molecule has 0 bridgehead atoms. The number of hydrogen-bond acceptors (Lipinski definition) is 5. The summed E-state index contributed by atoms with van der Waals surface area (Å²) in [6.07, 6.45) is 4.09. The summed E-state index contributed by atoms with van der Waals surface area (Å²) < 4.78 is 16.6. The third-order valence-corrected chi connectivity index (χ3v) is 5.98. The molecule has 1 aliphatic carbocycles. The smallest absolute Gasteiger partial charge is 0.161 e. The van der Waals surface area contributed by atoms with E-state index in [2.05, 4.69) is 17.0 Å². The van der Waals surface area contributed by atoms with Crippen molar-refractivity contribution in [1.29, 1.82) is 0 Å². The molecule has 2 heterocycles. The van der Waals surface area contributed by atoms with Gasteiger partial charge in [0.1, 0.15) is 0 Å². The molecule has 0 unspecified atom stereocenters. The Morgan fingerprint density at radius 3 is 2.50 bits per heavy atom. The summed E-state index contributed by atoms with van der Waals surface area (Å²) >= 11 is 0. The van der Waals surface area contributed by atoms with Crippen molar-refractivity contribution >= 4 is 0 Å². The van der Waals surface area contributed by atoms with Crippen molar-refractivity contribution in [2.45, 2.75) is 37.0 Å². The zero-order valence-electron chi connectivity index (χ0n) is 14.5. The summed E-state index contributed by atoms with van der Waals surface area (Å²) in [5.41, 5.74) is 3.73. The highest BCUT2D eigenvalue weighted by atomic mass is 16.5. The maximum Gasteiger partial charge on any atom is 0.161 e. The van der Waals surface area contributed by atoms with Crippen LogP contribution < -0.4 is 9.47 Å². The lowest BCUT2D eigenvalue weighted by atomic mass is 9.70. The molecule has 0 aromatic heterocycles. The van der Waals surface area contributed by atoms with Crippen molar-refractivity contribution in [3.05, 3.63) is 34.9 Å². The third kappa shape index (κ3) is 2.05. The van der Waals surface area contributed by atoms with Gasteiger partial charge in [0.2, 0.25) is 0 Å². The molecule has 1 fully saturated rings. The number of aliphatic hydroxyl groups is 1. The van der Waals surface area contributed by atoms with Gasteiger partial charge in [-0.05, 0) is 41.7 Å². The van der Waals surface area contributed by atoms with Gasteiger partial charge in [-0.2, -0.15) is 0 Å². The summed E-state index contributed by atoms with van der Waals surface area (Å²) in [6, 6.07) is 4.24. The molecule has 3 atom stereocenters. The van der Waals surface area contributed by atoms with Crippen LogP contribution in [0.15, 0.2) is 23.8 Å². The van der Waals surface area contributed by atoms with Crippen LogP contribution in [0.4, 0.5) is 0 Å². The number of aliphatic hydroxyl groups excluding tert-OH is 1. The van der Waals surface area contributed by atoms with E-state index in [1.54, 1.807) is 21.3 Å². The van der Waals surface area contributed by atoms with Crippen LogP contribution in [0.2, 0.25) is 0 Å². The Kier molecular flexibility index (Phi) is 3.82. The van der Waals surface area contributed by atoms with E-state index in [0.717, 1.165) is 43.9 Å². The molecule has 1 saturated heterocycles. The lowest BCUT2D eigenvalue weighted by Crippen LogP contribution is -2.52. The van der Waals surface area contributed by atoms with Crippen molar-refractivity contribution in [2.75, 3.05) is 34.4 Å². The first-order valence-electron chi connectivity index (χ1n) is 8.56. The van der Waals surface area contributed by atoms with Crippen LogP contribution in [0.1, 0.15) is 24.0 Å². The predicted molar refractivity (Wildman–Crippen MR) is 90.6 cm³/mol. The monoisotopic (exact) mass is 331 g/mol. The van der Waals surface area contributed by atoms with E-state index in [1.165, 1.54) is 16.7 Å². The minimum atomic E-state index is -0.527. The number of methoxy groups -OCH3 is 3. The summed E-state index contributed by atoms with van der Waals surface area (Å²) in [4.78, 5) is 2.55. The van der Waals surface area contributed by atoms with Gasteiger partial charge in [0.25, 0.3) is 0 Å². The normalized spacial score (nSPS) is 31.8. The molecule has 4 rings (SSSR count). The van der Waals surface area contributed by atoms with Gasteiger partial charge >= 0.3 is 0 Å². The minimum absolute atomic E-state index is 0.174. The van der Waals surface area contributed by atoms with Gasteiger partial charge in [-0.25, -0.2) is 0 Å². The van der Waals surface area contributed by atoms with E-state index in [1.807, 2.05) is 6.08 Å². The average molecular weight is 331 g/mol. The maximum absolute atomic E-state index is 10.4. The highest BCUT2D eigenvalue weighted by Crippen LogP contribution is 2.54. The van der Waals surface area contributed by atoms with Gasteiger partial charge in [0, 0.05) is 26.6 Å². The second-order valence-corrected chi connectivity index (χ2v) is 6.87. The molecule has 0 saturated carbocycles. The van der Waals surface area contributed by atoms with Gasteiger partial charge in [0.05, 0.1) is 32.0 Å². The first kappa shape index (κ1) is 15.9. The molecule has 24 heavy (non-hydrogen) atoms. The largest absolute Gasteiger partial charge is 0.493 e. The van der Waals surface area contributed by atoms with Crippen molar-refractivity contribution in [2.24, 2.45) is 0 Å². The van der Waals surface area contributed by atoms with Gasteiger partial charge in [-0.15, -0.1) is 0 Å². The van der Waals surface area contributed by atoms with Gasteiger partial charge in [-0.1, -0.05) is 6.08 Å². The highest BCUT2D eigenvalue weighted by Gasteiger charge is 2.53. The van der Waals surface area contributed by atoms with Crippen LogP contribution in [0, 0.1) is 0 Å². The van der Waals surface area contributed by atoms with Crippen LogP contribution in [-0.2, 0) is 16.7 Å². The Hall–Kier alpha value is -1.56. The lowest BCUT2D eigenvalue weighted by molar-refractivity contribution is -0.0345. The molecule has 5 heteroatoms. The van der Waals surface area contributed by atoms with Crippen molar-refractivity contribution in [3.8, 4) is 11.5 Å². The number of benzene rings is 1. The van der Waals surface area contributed by atoms with Crippen molar-refractivity contribution in [3.63, 3.8) is 0 Å². The topological polar surface area (TPSA) is 51.2 Å². The van der Waals surface area contributed by atoms with E-state index >= 15 is 0 Å². The zero-order valence-corrected chi connectivity index (χ0v) is 14.5. The van der Waals surface area contributed by atoms with Gasteiger partial charge < -0.3 is 19.3 Å². The number of nitrogens with zero attached hydrogens (tertiary/aromatic N) is 1. The van der Waals surface area contributed by atoms with Gasteiger partial charge in [-0.3, -0.25) is 4.90 Å². The van der Waals surface area contributed by atoms with Crippen LogP contribution in [0.3, 0.4) is 0 Å². The molecule has 0 amide bonds. The Labute approximate surface area is 142 Å². The Morgan fingerprint density at radius 2 is 1.79 bits per heavy atom. The quantitative estimate of drug-likeness (QED) is 0.857. The Balaban J connectivity index is 1.91. The molecule has 3 aliphatic rings.